The number of carbonyl (C=O) groups is 2. The summed E-state index contributed by atoms with van der Waals surface area (Å²) in [7, 11) is 0. The average Bonchev–Trinajstić information content (AvgIpc) is 3.02. The second kappa shape index (κ2) is 7.57. The number of aryl methyl sites for hydroxylation is 1. The van der Waals surface area contributed by atoms with Crippen LogP contribution in [0.5, 0.6) is 0 Å². The summed E-state index contributed by atoms with van der Waals surface area (Å²) in [5.41, 5.74) is 0.928. The van der Waals surface area contributed by atoms with E-state index in [9.17, 15) is 22.8 Å². The summed E-state index contributed by atoms with van der Waals surface area (Å²) in [5.74, 6) is 3.56. The Hall–Kier alpha value is -2.59. The fraction of sp³-hybridized carbons (Fsp3) is 0.312. The van der Waals surface area contributed by atoms with E-state index in [1.807, 2.05) is 5.43 Å². The fourth-order valence-electron chi connectivity index (χ4n) is 2.44. The van der Waals surface area contributed by atoms with Gasteiger partial charge in [0.15, 0.2) is 5.69 Å². The predicted octanol–water partition coefficient (Wildman–Crippen LogP) is 3.30. The summed E-state index contributed by atoms with van der Waals surface area (Å²) in [6, 6.07) is 2.93. The number of alkyl halides is 3. The molecule has 27 heavy (non-hydrogen) atoms. The second-order valence-electron chi connectivity index (χ2n) is 6.02. The number of nitrogens with zero attached hydrogens (tertiary/aromatic N) is 2. The zero-order chi connectivity index (χ0) is 20.5. The number of nitrogens with one attached hydrogen (secondary N) is 2. The van der Waals surface area contributed by atoms with Crippen LogP contribution in [0.2, 0.25) is 5.02 Å². The number of rotatable bonds is 4. The summed E-state index contributed by atoms with van der Waals surface area (Å²) in [6.45, 7) is 4.76. The van der Waals surface area contributed by atoms with Gasteiger partial charge in [-0.2, -0.15) is 18.3 Å². The molecule has 0 fully saturated rings. The van der Waals surface area contributed by atoms with Crippen LogP contribution in [0.15, 0.2) is 18.2 Å². The molecular formula is C16H17ClF3N5O2. The minimum absolute atomic E-state index is 0.0255. The number of amides is 2. The number of benzene rings is 1. The molecule has 7 nitrogen and oxygen atoms in total. The van der Waals surface area contributed by atoms with E-state index in [2.05, 4.69) is 10.4 Å². The Kier molecular flexibility index (Phi) is 5.81. The maximum absolute atomic E-state index is 13.0. The van der Waals surface area contributed by atoms with Gasteiger partial charge in [0.1, 0.15) is 5.69 Å². The molecule has 0 bridgehead atoms. The van der Waals surface area contributed by atoms with Gasteiger partial charge in [-0.3, -0.25) is 19.7 Å². The largest absolute Gasteiger partial charge is 0.435 e. The minimum atomic E-state index is -4.70. The molecule has 0 aliphatic heterocycles. The molecule has 1 heterocycles. The number of hydrazine groups is 1. The lowest BCUT2D eigenvalue weighted by Gasteiger charge is -2.15. The number of aromatic nitrogens is 2. The number of hydrogen-bond donors (Lipinski definition) is 3. The van der Waals surface area contributed by atoms with Gasteiger partial charge in [0.05, 0.1) is 11.3 Å². The van der Waals surface area contributed by atoms with Crippen molar-refractivity contribution < 1.29 is 22.8 Å². The Morgan fingerprint density at radius 1 is 1.22 bits per heavy atom. The van der Waals surface area contributed by atoms with Crippen LogP contribution in [0, 0.1) is 6.92 Å². The van der Waals surface area contributed by atoms with Crippen molar-refractivity contribution in [3.8, 4) is 0 Å². The Bertz CT molecular complexity index is 893. The van der Waals surface area contributed by atoms with Crippen molar-refractivity contribution in [2.75, 3.05) is 5.32 Å². The Labute approximate surface area is 157 Å². The molecule has 2 rings (SSSR count). The highest BCUT2D eigenvalue weighted by Gasteiger charge is 2.36. The summed E-state index contributed by atoms with van der Waals surface area (Å²) in [4.78, 5) is 24.6. The summed E-state index contributed by atoms with van der Waals surface area (Å²) in [5, 5.41) is 6.15. The lowest BCUT2D eigenvalue weighted by Crippen LogP contribution is -2.31. The number of carbonyl (C=O) groups excluding carboxylic acids is 2. The molecular weight excluding hydrogens is 387 g/mol. The van der Waals surface area contributed by atoms with Crippen molar-refractivity contribution in [3.05, 3.63) is 45.7 Å². The molecule has 0 aliphatic rings. The predicted molar refractivity (Wildman–Crippen MR) is 93.4 cm³/mol. The van der Waals surface area contributed by atoms with Crippen LogP contribution in [0.3, 0.4) is 0 Å². The first-order valence-electron chi connectivity index (χ1n) is 7.75. The standard InChI is InChI=1S/C16H17ClF3N5O2/c1-7(2)25-11(6-12(24-25)16(18,19)20)15(27)22-13-8(3)4-9(17)5-10(13)14(26)23-21/h4-7H,21H2,1-3H3,(H,22,27)(H,23,26). The van der Waals surface area contributed by atoms with Crippen LogP contribution in [-0.4, -0.2) is 21.6 Å². The van der Waals surface area contributed by atoms with Crippen LogP contribution in [0.4, 0.5) is 18.9 Å². The third-order valence-electron chi connectivity index (χ3n) is 3.66. The van der Waals surface area contributed by atoms with Crippen molar-refractivity contribution in [1.29, 1.82) is 0 Å². The molecule has 0 spiro atoms. The highest BCUT2D eigenvalue weighted by molar-refractivity contribution is 6.31. The maximum atomic E-state index is 13.0. The summed E-state index contributed by atoms with van der Waals surface area (Å²) >= 11 is 5.92. The third-order valence-corrected chi connectivity index (χ3v) is 3.88. The molecule has 0 saturated heterocycles. The van der Waals surface area contributed by atoms with Crippen molar-refractivity contribution in [1.82, 2.24) is 15.2 Å². The minimum Gasteiger partial charge on any atom is -0.320 e. The smallest absolute Gasteiger partial charge is 0.320 e. The van der Waals surface area contributed by atoms with Gasteiger partial charge in [-0.1, -0.05) is 11.6 Å². The average molecular weight is 404 g/mol. The molecule has 0 atom stereocenters. The van der Waals surface area contributed by atoms with Crippen molar-refractivity contribution >= 4 is 29.1 Å². The van der Waals surface area contributed by atoms with Gasteiger partial charge in [-0.25, -0.2) is 5.84 Å². The molecule has 0 unspecified atom stereocenters. The number of halogens is 4. The highest BCUT2D eigenvalue weighted by Crippen LogP contribution is 2.31. The zero-order valence-electron chi connectivity index (χ0n) is 14.6. The molecule has 4 N–H and O–H groups in total. The van der Waals surface area contributed by atoms with Crippen LogP contribution in [0.25, 0.3) is 0 Å². The van der Waals surface area contributed by atoms with E-state index >= 15 is 0 Å². The zero-order valence-corrected chi connectivity index (χ0v) is 15.4. The highest BCUT2D eigenvalue weighted by atomic mass is 35.5. The summed E-state index contributed by atoms with van der Waals surface area (Å²) < 4.78 is 39.9. The van der Waals surface area contributed by atoms with Gasteiger partial charge in [0.2, 0.25) is 0 Å². The van der Waals surface area contributed by atoms with E-state index in [-0.39, 0.29) is 22.0 Å². The normalized spacial score (nSPS) is 11.6. The molecule has 1 aromatic heterocycles. The summed E-state index contributed by atoms with van der Waals surface area (Å²) in [6.07, 6.45) is -4.70. The second-order valence-corrected chi connectivity index (χ2v) is 6.46. The molecule has 1 aromatic carbocycles. The van der Waals surface area contributed by atoms with Crippen LogP contribution >= 0.6 is 11.6 Å². The van der Waals surface area contributed by atoms with Crippen molar-refractivity contribution in [2.24, 2.45) is 5.84 Å². The first kappa shape index (κ1) is 20.7. The van der Waals surface area contributed by atoms with E-state index in [1.54, 1.807) is 20.8 Å². The topological polar surface area (TPSA) is 102 Å². The van der Waals surface area contributed by atoms with E-state index in [0.717, 1.165) is 4.68 Å². The van der Waals surface area contributed by atoms with Crippen molar-refractivity contribution in [2.45, 2.75) is 33.0 Å². The monoisotopic (exact) mass is 403 g/mol. The third kappa shape index (κ3) is 4.40. The molecule has 146 valence electrons. The van der Waals surface area contributed by atoms with Crippen LogP contribution < -0.4 is 16.6 Å². The molecule has 0 radical (unpaired) electrons. The van der Waals surface area contributed by atoms with Crippen molar-refractivity contribution in [3.63, 3.8) is 0 Å². The SMILES string of the molecule is Cc1cc(Cl)cc(C(=O)NN)c1NC(=O)c1cc(C(F)(F)F)nn1C(C)C. The lowest BCUT2D eigenvalue weighted by atomic mass is 10.1. The van der Waals surface area contributed by atoms with Gasteiger partial charge in [0, 0.05) is 17.1 Å². The Balaban J connectivity index is 2.50. The first-order valence-corrected chi connectivity index (χ1v) is 8.12. The molecule has 11 heteroatoms. The number of hydrogen-bond acceptors (Lipinski definition) is 4. The lowest BCUT2D eigenvalue weighted by molar-refractivity contribution is -0.141. The fourth-order valence-corrected chi connectivity index (χ4v) is 2.71. The van der Waals surface area contributed by atoms with E-state index in [1.165, 1.54) is 12.1 Å². The van der Waals surface area contributed by atoms with Gasteiger partial charge < -0.3 is 5.32 Å². The van der Waals surface area contributed by atoms with Crippen LogP contribution in [0.1, 0.15) is 52.0 Å². The van der Waals surface area contributed by atoms with Gasteiger partial charge in [-0.05, 0) is 38.5 Å². The number of anilines is 1. The van der Waals surface area contributed by atoms with Crippen LogP contribution in [-0.2, 0) is 6.18 Å². The van der Waals surface area contributed by atoms with E-state index < -0.39 is 29.7 Å². The maximum Gasteiger partial charge on any atom is 0.435 e. The van der Waals surface area contributed by atoms with E-state index in [4.69, 9.17) is 17.4 Å². The molecule has 2 amide bonds. The molecule has 2 aromatic rings. The van der Waals surface area contributed by atoms with E-state index in [0.29, 0.717) is 11.6 Å². The Morgan fingerprint density at radius 2 is 1.85 bits per heavy atom. The quantitative estimate of drug-likeness (QED) is 0.414. The number of nitrogens with two attached hydrogens (primary N) is 1. The first-order chi connectivity index (χ1) is 12.5. The van der Waals surface area contributed by atoms with Gasteiger partial charge >= 0.3 is 6.18 Å². The van der Waals surface area contributed by atoms with Gasteiger partial charge in [-0.15, -0.1) is 0 Å². The Morgan fingerprint density at radius 3 is 2.37 bits per heavy atom. The number of nitrogen functional groups attached to an aromatic ring is 1. The molecule has 0 saturated carbocycles. The van der Waals surface area contributed by atoms with Gasteiger partial charge in [0.25, 0.3) is 11.8 Å². The molecule has 0 aliphatic carbocycles.